The first kappa shape index (κ1) is 20.0. The van der Waals surface area contributed by atoms with Gasteiger partial charge in [0.05, 0.1) is 21.3 Å². The second-order valence-corrected chi connectivity index (χ2v) is 6.72. The van der Waals surface area contributed by atoms with Crippen molar-refractivity contribution < 1.29 is 14.2 Å². The van der Waals surface area contributed by atoms with Gasteiger partial charge in [0.25, 0.3) is 0 Å². The van der Waals surface area contributed by atoms with Gasteiger partial charge in [-0.1, -0.05) is 27.5 Å². The lowest BCUT2D eigenvalue weighted by Crippen LogP contribution is -2.04. The van der Waals surface area contributed by atoms with E-state index in [1.54, 1.807) is 33.5 Å². The first-order chi connectivity index (χ1) is 13.5. The van der Waals surface area contributed by atoms with Crippen LogP contribution < -0.4 is 24.8 Å². The molecule has 8 nitrogen and oxygen atoms in total. The predicted molar refractivity (Wildman–Crippen MR) is 112 cm³/mol. The van der Waals surface area contributed by atoms with Gasteiger partial charge in [-0.05, 0) is 24.3 Å². The van der Waals surface area contributed by atoms with Crippen molar-refractivity contribution in [3.05, 3.63) is 46.0 Å². The predicted octanol–water partition coefficient (Wildman–Crippen LogP) is 4.80. The molecule has 2 aromatic carbocycles. The van der Waals surface area contributed by atoms with Crippen LogP contribution in [0.25, 0.3) is 0 Å². The molecule has 0 radical (unpaired) electrons. The van der Waals surface area contributed by atoms with E-state index >= 15 is 0 Å². The van der Waals surface area contributed by atoms with Crippen molar-refractivity contribution in [1.29, 1.82) is 0 Å². The zero-order valence-electron chi connectivity index (χ0n) is 15.3. The molecule has 0 saturated carbocycles. The maximum atomic E-state index is 6.16. The molecule has 146 valence electrons. The fraction of sp³-hybridized carbons (Fsp3) is 0.167. The molecule has 0 bridgehead atoms. The summed E-state index contributed by atoms with van der Waals surface area (Å²) in [6, 6.07) is 11.0. The highest BCUT2D eigenvalue weighted by Gasteiger charge is 2.15. The largest absolute Gasteiger partial charge is 0.493 e. The number of halogens is 2. The highest BCUT2D eigenvalue weighted by atomic mass is 79.9. The molecule has 2 N–H and O–H groups in total. The lowest BCUT2D eigenvalue weighted by atomic mass is 10.2. The molecule has 28 heavy (non-hydrogen) atoms. The molecule has 3 aromatic rings. The summed E-state index contributed by atoms with van der Waals surface area (Å²) in [5.41, 5.74) is 1.44. The van der Waals surface area contributed by atoms with Crippen LogP contribution in [0.15, 0.2) is 40.9 Å². The zero-order valence-corrected chi connectivity index (χ0v) is 17.6. The Balaban J connectivity index is 1.88. The zero-order chi connectivity index (χ0) is 20.1. The van der Waals surface area contributed by atoms with Crippen LogP contribution in [0, 0.1) is 0 Å². The van der Waals surface area contributed by atoms with E-state index in [4.69, 9.17) is 25.8 Å². The number of methoxy groups -OCH3 is 3. The van der Waals surface area contributed by atoms with Crippen molar-refractivity contribution in [2.75, 3.05) is 32.0 Å². The Morgan fingerprint density at radius 1 is 0.857 bits per heavy atom. The third kappa shape index (κ3) is 4.55. The van der Waals surface area contributed by atoms with Crippen molar-refractivity contribution in [2.45, 2.75) is 0 Å². The van der Waals surface area contributed by atoms with Crippen molar-refractivity contribution in [1.82, 2.24) is 15.2 Å². The number of ether oxygens (including phenoxy) is 3. The van der Waals surface area contributed by atoms with Crippen molar-refractivity contribution in [3.8, 4) is 17.2 Å². The van der Waals surface area contributed by atoms with Gasteiger partial charge in [0, 0.05) is 28.0 Å². The monoisotopic (exact) mass is 465 g/mol. The lowest BCUT2D eigenvalue weighted by molar-refractivity contribution is 0.324. The smallest absolute Gasteiger partial charge is 0.249 e. The quantitative estimate of drug-likeness (QED) is 0.513. The minimum Gasteiger partial charge on any atom is -0.493 e. The summed E-state index contributed by atoms with van der Waals surface area (Å²) >= 11 is 9.55. The van der Waals surface area contributed by atoms with E-state index in [1.165, 1.54) is 0 Å². The molecule has 0 saturated heterocycles. The van der Waals surface area contributed by atoms with Gasteiger partial charge in [-0.2, -0.15) is 4.98 Å². The van der Waals surface area contributed by atoms with Gasteiger partial charge in [-0.15, -0.1) is 10.2 Å². The SMILES string of the molecule is COc1cc(Nc2nc(Nc3ccc(Br)cc3)nnc2Cl)cc(OC)c1OC. The van der Waals surface area contributed by atoms with E-state index in [2.05, 4.69) is 41.7 Å². The first-order valence-electron chi connectivity index (χ1n) is 8.04. The van der Waals surface area contributed by atoms with Crippen LogP contribution in [0.1, 0.15) is 0 Å². The van der Waals surface area contributed by atoms with Crippen LogP contribution >= 0.6 is 27.5 Å². The molecule has 0 atom stereocenters. The summed E-state index contributed by atoms with van der Waals surface area (Å²) in [7, 11) is 4.62. The third-order valence-corrected chi connectivity index (χ3v) is 4.46. The lowest BCUT2D eigenvalue weighted by Gasteiger charge is -2.15. The fourth-order valence-corrected chi connectivity index (χ4v) is 2.79. The molecule has 1 aromatic heterocycles. The summed E-state index contributed by atoms with van der Waals surface area (Å²) in [5, 5.41) is 14.2. The summed E-state index contributed by atoms with van der Waals surface area (Å²) < 4.78 is 17.0. The normalized spacial score (nSPS) is 10.3. The molecule has 10 heteroatoms. The van der Waals surface area contributed by atoms with E-state index in [0.717, 1.165) is 10.2 Å². The van der Waals surface area contributed by atoms with Gasteiger partial charge >= 0.3 is 0 Å². The number of nitrogens with one attached hydrogen (secondary N) is 2. The van der Waals surface area contributed by atoms with Gasteiger partial charge in [-0.25, -0.2) is 0 Å². The summed E-state index contributed by atoms with van der Waals surface area (Å²) in [4.78, 5) is 4.39. The summed E-state index contributed by atoms with van der Waals surface area (Å²) in [6.07, 6.45) is 0. The van der Waals surface area contributed by atoms with Crippen LogP contribution in [0.5, 0.6) is 17.2 Å². The molecule has 0 aliphatic carbocycles. The third-order valence-electron chi connectivity index (χ3n) is 3.67. The number of nitrogens with zero attached hydrogens (tertiary/aromatic N) is 3. The highest BCUT2D eigenvalue weighted by molar-refractivity contribution is 9.10. The first-order valence-corrected chi connectivity index (χ1v) is 9.21. The fourth-order valence-electron chi connectivity index (χ4n) is 2.40. The summed E-state index contributed by atoms with van der Waals surface area (Å²) in [6.45, 7) is 0. The van der Waals surface area contributed by atoms with Gasteiger partial charge in [-0.3, -0.25) is 0 Å². The highest BCUT2D eigenvalue weighted by Crippen LogP contribution is 2.40. The van der Waals surface area contributed by atoms with Crippen LogP contribution in [-0.4, -0.2) is 36.5 Å². The maximum Gasteiger partial charge on any atom is 0.249 e. The number of anilines is 4. The van der Waals surface area contributed by atoms with Crippen LogP contribution in [0.2, 0.25) is 5.15 Å². The van der Waals surface area contributed by atoms with E-state index in [1.807, 2.05) is 24.3 Å². The van der Waals surface area contributed by atoms with Gasteiger partial charge in [0.15, 0.2) is 22.5 Å². The Hall–Kier alpha value is -2.78. The Morgan fingerprint density at radius 3 is 2.07 bits per heavy atom. The van der Waals surface area contributed by atoms with Crippen LogP contribution in [0.3, 0.4) is 0 Å². The Labute approximate surface area is 175 Å². The second-order valence-electron chi connectivity index (χ2n) is 5.45. The van der Waals surface area contributed by atoms with Crippen molar-refractivity contribution in [2.24, 2.45) is 0 Å². The van der Waals surface area contributed by atoms with Gasteiger partial charge in [0.2, 0.25) is 11.7 Å². The van der Waals surface area contributed by atoms with Crippen molar-refractivity contribution >= 4 is 50.7 Å². The molecule has 0 fully saturated rings. The molecule has 0 aliphatic heterocycles. The number of hydrogen-bond donors (Lipinski definition) is 2. The minimum atomic E-state index is 0.120. The standard InChI is InChI=1S/C18H17BrClN5O3/c1-26-13-8-12(9-14(27-2)15(13)28-3)21-17-16(20)24-25-18(23-17)22-11-6-4-10(19)5-7-11/h4-9H,1-3H3,(H2,21,22,23,25). The number of benzene rings is 2. The molecule has 0 unspecified atom stereocenters. The van der Waals surface area contributed by atoms with Gasteiger partial charge < -0.3 is 24.8 Å². The molecule has 0 aliphatic rings. The van der Waals surface area contributed by atoms with Crippen LogP contribution in [-0.2, 0) is 0 Å². The van der Waals surface area contributed by atoms with Crippen molar-refractivity contribution in [3.63, 3.8) is 0 Å². The number of rotatable bonds is 7. The Morgan fingerprint density at radius 2 is 1.50 bits per heavy atom. The topological polar surface area (TPSA) is 90.4 Å². The molecular formula is C18H17BrClN5O3. The molecule has 3 rings (SSSR count). The van der Waals surface area contributed by atoms with E-state index in [0.29, 0.717) is 34.7 Å². The van der Waals surface area contributed by atoms with E-state index in [-0.39, 0.29) is 5.15 Å². The molecular weight excluding hydrogens is 450 g/mol. The molecule has 0 spiro atoms. The minimum absolute atomic E-state index is 0.120. The van der Waals surface area contributed by atoms with Gasteiger partial charge in [0.1, 0.15) is 0 Å². The second kappa shape index (κ2) is 8.94. The van der Waals surface area contributed by atoms with E-state index in [9.17, 15) is 0 Å². The van der Waals surface area contributed by atoms with E-state index < -0.39 is 0 Å². The van der Waals surface area contributed by atoms with Crippen LogP contribution in [0.4, 0.5) is 23.1 Å². The maximum absolute atomic E-state index is 6.16. The summed E-state index contributed by atoms with van der Waals surface area (Å²) in [5.74, 6) is 2.10. The average molecular weight is 467 g/mol. The number of hydrogen-bond acceptors (Lipinski definition) is 8. The Bertz CT molecular complexity index is 947. The average Bonchev–Trinajstić information content (AvgIpc) is 2.71. The number of aromatic nitrogens is 3. The molecule has 0 amide bonds. The molecule has 1 heterocycles. The Kier molecular flexibility index (Phi) is 6.37.